The molecule has 8 heteroatoms. The molecule has 0 saturated carbocycles. The Hall–Kier alpha value is -1.96. The number of hydrogen-bond acceptors (Lipinski definition) is 8. The molecule has 0 amide bonds. The van der Waals surface area contributed by atoms with Crippen LogP contribution in [0.4, 0.5) is 17.8 Å². The van der Waals surface area contributed by atoms with E-state index in [1.54, 1.807) is 0 Å². The molecule has 0 radical (unpaired) electrons. The topological polar surface area (TPSA) is 90.4 Å². The van der Waals surface area contributed by atoms with Crippen LogP contribution in [0, 0.1) is 0 Å². The molecule has 1 unspecified atom stereocenters. The third-order valence-electron chi connectivity index (χ3n) is 4.92. The molecule has 0 aliphatic carbocycles. The minimum Gasteiger partial charge on any atom is -0.354 e. The first-order valence-electron chi connectivity index (χ1n) is 12.2. The van der Waals surface area contributed by atoms with Crippen molar-refractivity contribution in [1.29, 1.82) is 0 Å². The Balaban J connectivity index is 3.05. The number of anilines is 3. The Morgan fingerprint density at radius 2 is 1.42 bits per heavy atom. The number of rotatable bonds is 10. The zero-order valence-electron chi connectivity index (χ0n) is 23.5. The quantitative estimate of drug-likeness (QED) is 0.398. The molecule has 0 fully saturated rings. The van der Waals surface area contributed by atoms with E-state index >= 15 is 0 Å². The van der Waals surface area contributed by atoms with Crippen LogP contribution >= 0.6 is 0 Å². The molecule has 1 aromatic heterocycles. The summed E-state index contributed by atoms with van der Waals surface area (Å²) in [7, 11) is 0. The summed E-state index contributed by atoms with van der Waals surface area (Å²) in [4.78, 5) is 20.9. The van der Waals surface area contributed by atoms with Crippen molar-refractivity contribution in [2.24, 2.45) is 4.99 Å². The molecule has 1 rings (SSSR count). The van der Waals surface area contributed by atoms with E-state index in [0.717, 1.165) is 19.5 Å². The fraction of sp³-hybridized carbons (Fsp3) is 0.840. The maximum absolute atomic E-state index is 4.71. The van der Waals surface area contributed by atoms with Crippen LogP contribution in [-0.4, -0.2) is 67.4 Å². The molecule has 0 aliphatic heterocycles. The first kappa shape index (κ1) is 29.1. The van der Waals surface area contributed by atoms with Crippen LogP contribution in [0.25, 0.3) is 0 Å². The van der Waals surface area contributed by atoms with Crippen molar-refractivity contribution < 1.29 is 0 Å². The van der Waals surface area contributed by atoms with E-state index in [9.17, 15) is 0 Å². The van der Waals surface area contributed by atoms with Gasteiger partial charge in [0.15, 0.2) is 0 Å². The first-order valence-corrected chi connectivity index (χ1v) is 12.2. The fourth-order valence-electron chi connectivity index (χ4n) is 4.03. The monoisotopic (exact) mass is 462 g/mol. The van der Waals surface area contributed by atoms with Gasteiger partial charge in [0.2, 0.25) is 17.8 Å². The molecule has 1 heterocycles. The van der Waals surface area contributed by atoms with Gasteiger partial charge >= 0.3 is 0 Å². The van der Waals surface area contributed by atoms with Crippen molar-refractivity contribution in [3.8, 4) is 0 Å². The Kier molecular flexibility index (Phi) is 9.67. The zero-order valence-corrected chi connectivity index (χ0v) is 23.5. The molecular weight excluding hydrogens is 412 g/mol. The van der Waals surface area contributed by atoms with Gasteiger partial charge in [0.25, 0.3) is 0 Å². The molecule has 0 aliphatic rings. The van der Waals surface area contributed by atoms with Crippen LogP contribution in [0.1, 0.15) is 96.4 Å². The number of nitrogens with zero attached hydrogens (tertiary/aromatic N) is 5. The van der Waals surface area contributed by atoms with Gasteiger partial charge in [-0.05, 0) is 96.4 Å². The third-order valence-corrected chi connectivity index (χ3v) is 4.92. The lowest BCUT2D eigenvalue weighted by atomic mass is 9.88. The second-order valence-electron chi connectivity index (χ2n) is 12.5. The van der Waals surface area contributed by atoms with Crippen LogP contribution in [0.5, 0.6) is 0 Å². The zero-order chi connectivity index (χ0) is 25.7. The molecule has 0 saturated heterocycles. The lowest BCUT2D eigenvalue weighted by molar-refractivity contribution is 0.0368. The van der Waals surface area contributed by atoms with Crippen molar-refractivity contribution in [2.75, 3.05) is 29.0 Å². The van der Waals surface area contributed by atoms with Gasteiger partial charge in [-0.1, -0.05) is 0 Å². The highest BCUT2D eigenvalue weighted by molar-refractivity contribution is 5.60. The van der Waals surface area contributed by atoms with Gasteiger partial charge in [-0.25, -0.2) is 0 Å². The van der Waals surface area contributed by atoms with Crippen LogP contribution in [0.15, 0.2) is 4.99 Å². The maximum Gasteiger partial charge on any atom is 0.229 e. The average Bonchev–Trinajstić information content (AvgIpc) is 2.54. The maximum atomic E-state index is 4.71. The van der Waals surface area contributed by atoms with E-state index in [-0.39, 0.29) is 28.2 Å². The van der Waals surface area contributed by atoms with Gasteiger partial charge in [0.05, 0.1) is 5.54 Å². The van der Waals surface area contributed by atoms with Gasteiger partial charge < -0.3 is 16.0 Å². The molecule has 190 valence electrons. The van der Waals surface area contributed by atoms with E-state index in [1.165, 1.54) is 0 Å². The Bertz CT molecular complexity index is 766. The van der Waals surface area contributed by atoms with Gasteiger partial charge in [-0.3, -0.25) is 9.89 Å². The van der Waals surface area contributed by atoms with Crippen LogP contribution in [0.2, 0.25) is 0 Å². The normalized spacial score (nSPS) is 14.6. The van der Waals surface area contributed by atoms with E-state index in [4.69, 9.17) is 4.99 Å². The second kappa shape index (κ2) is 11.0. The number of aromatic nitrogens is 3. The summed E-state index contributed by atoms with van der Waals surface area (Å²) in [6.07, 6.45) is 2.97. The fourth-order valence-corrected chi connectivity index (χ4v) is 4.03. The van der Waals surface area contributed by atoms with Gasteiger partial charge in [-0.15, -0.1) is 0 Å². The minimum absolute atomic E-state index is 0.00229. The van der Waals surface area contributed by atoms with Gasteiger partial charge in [0.1, 0.15) is 0 Å². The minimum atomic E-state index is -0.141. The van der Waals surface area contributed by atoms with Crippen LogP contribution < -0.4 is 16.0 Å². The standard InChI is InChI=1S/C25H50N8/c1-14-26-19-29-20(31-21(30-19)32-23(6,7)8)28-18(2)17-25(12,13)33(24(9,10)11)16-15-27-22(3,4)5/h15,18H,14,16-17H2,1-13H3,(H3,26,28,29,30,31,32)/b27-15+. The van der Waals surface area contributed by atoms with Crippen LogP contribution in [-0.2, 0) is 0 Å². The Morgan fingerprint density at radius 1 is 0.879 bits per heavy atom. The molecule has 8 nitrogen and oxygen atoms in total. The highest BCUT2D eigenvalue weighted by Crippen LogP contribution is 2.29. The highest BCUT2D eigenvalue weighted by Gasteiger charge is 2.35. The summed E-state index contributed by atoms with van der Waals surface area (Å²) in [6, 6.07) is 0.156. The summed E-state index contributed by atoms with van der Waals surface area (Å²) in [5.41, 5.74) is -0.275. The summed E-state index contributed by atoms with van der Waals surface area (Å²) in [5, 5.41) is 10.1. The predicted octanol–water partition coefficient (Wildman–Crippen LogP) is 5.45. The molecule has 0 spiro atoms. The Morgan fingerprint density at radius 3 is 1.91 bits per heavy atom. The summed E-state index contributed by atoms with van der Waals surface area (Å²) in [5.74, 6) is 1.72. The average molecular weight is 463 g/mol. The van der Waals surface area contributed by atoms with Gasteiger partial charge in [0, 0.05) is 42.0 Å². The highest BCUT2D eigenvalue weighted by atomic mass is 15.3. The molecule has 33 heavy (non-hydrogen) atoms. The van der Waals surface area contributed by atoms with E-state index in [1.807, 2.05) is 6.92 Å². The molecule has 0 bridgehead atoms. The SMILES string of the molecule is CCNc1nc(NC(C)CC(C)(C)N(C/C=N/C(C)(C)C)C(C)(C)C)nc(NC(C)(C)C)n1. The summed E-state index contributed by atoms with van der Waals surface area (Å²) < 4.78 is 0. The molecule has 1 atom stereocenters. The van der Waals surface area contributed by atoms with Crippen molar-refractivity contribution >= 4 is 24.1 Å². The van der Waals surface area contributed by atoms with Crippen molar-refractivity contribution in [3.05, 3.63) is 0 Å². The molecule has 3 N–H and O–H groups in total. The summed E-state index contributed by atoms with van der Waals surface area (Å²) in [6.45, 7) is 29.8. The predicted molar refractivity (Wildman–Crippen MR) is 144 cm³/mol. The van der Waals surface area contributed by atoms with Gasteiger partial charge in [-0.2, -0.15) is 15.0 Å². The molecular formula is C25H50N8. The van der Waals surface area contributed by atoms with E-state index < -0.39 is 0 Å². The van der Waals surface area contributed by atoms with Crippen molar-refractivity contribution in [2.45, 2.75) is 125 Å². The molecule has 1 aromatic rings. The van der Waals surface area contributed by atoms with Crippen molar-refractivity contribution in [3.63, 3.8) is 0 Å². The van der Waals surface area contributed by atoms with Crippen molar-refractivity contribution in [1.82, 2.24) is 19.9 Å². The molecule has 0 aromatic carbocycles. The van der Waals surface area contributed by atoms with Crippen LogP contribution in [0.3, 0.4) is 0 Å². The van der Waals surface area contributed by atoms with E-state index in [0.29, 0.717) is 17.8 Å². The number of nitrogens with one attached hydrogen (secondary N) is 3. The lowest BCUT2D eigenvalue weighted by Gasteiger charge is -2.47. The summed E-state index contributed by atoms with van der Waals surface area (Å²) >= 11 is 0. The smallest absolute Gasteiger partial charge is 0.229 e. The first-order chi connectivity index (χ1) is 14.8. The van der Waals surface area contributed by atoms with E-state index in [2.05, 4.69) is 125 Å². The second-order valence-corrected chi connectivity index (χ2v) is 12.5. The number of hydrogen-bond donors (Lipinski definition) is 3. The Labute approximate surface area is 202 Å². The third kappa shape index (κ3) is 11.1. The number of aliphatic imine (C=N–C) groups is 1. The largest absolute Gasteiger partial charge is 0.354 e. The lowest BCUT2D eigenvalue weighted by Crippen LogP contribution is -2.56.